The van der Waals surface area contributed by atoms with E-state index in [1.165, 1.54) is 0 Å². The molecule has 2 rings (SSSR count). The molecule has 0 bridgehead atoms. The lowest BCUT2D eigenvalue weighted by Crippen LogP contribution is -2.28. The van der Waals surface area contributed by atoms with Gasteiger partial charge in [0.1, 0.15) is 11.6 Å². The summed E-state index contributed by atoms with van der Waals surface area (Å²) in [5.41, 5.74) is 0.969. The number of urea groups is 1. The molecule has 6 heteroatoms. The second-order valence-corrected chi connectivity index (χ2v) is 4.18. The molecule has 0 aliphatic carbocycles. The highest BCUT2D eigenvalue weighted by molar-refractivity contribution is 5.88. The summed E-state index contributed by atoms with van der Waals surface area (Å²) in [5.74, 6) is 1.20. The molecule has 2 N–H and O–H groups in total. The summed E-state index contributed by atoms with van der Waals surface area (Å²) in [6.45, 7) is 0.339. The summed E-state index contributed by atoms with van der Waals surface area (Å²) in [6, 6.07) is 6.92. The number of carbonyl (C=O) groups is 1. The number of hydrogen-bond donors (Lipinski definition) is 2. The van der Waals surface area contributed by atoms with Crippen LogP contribution >= 0.6 is 0 Å². The number of furan rings is 1. The van der Waals surface area contributed by atoms with Crippen molar-refractivity contribution in [2.45, 2.75) is 6.54 Å². The van der Waals surface area contributed by atoms with Gasteiger partial charge >= 0.3 is 6.03 Å². The molecule has 0 aromatic carbocycles. The minimum absolute atomic E-state index is 0.320. The minimum Gasteiger partial charge on any atom is -0.467 e. The highest BCUT2D eigenvalue weighted by Crippen LogP contribution is 2.14. The molecule has 100 valence electrons. The topological polar surface area (TPSA) is 70.4 Å². The van der Waals surface area contributed by atoms with E-state index in [0.717, 1.165) is 5.69 Å². The van der Waals surface area contributed by atoms with Gasteiger partial charge in [-0.1, -0.05) is 0 Å². The number of nitrogens with one attached hydrogen (secondary N) is 2. The molecule has 0 aliphatic rings. The van der Waals surface area contributed by atoms with Gasteiger partial charge < -0.3 is 14.6 Å². The zero-order valence-electron chi connectivity index (χ0n) is 10.9. The molecule has 19 heavy (non-hydrogen) atoms. The van der Waals surface area contributed by atoms with Crippen molar-refractivity contribution >= 4 is 17.5 Å². The molecule has 0 atom stereocenters. The van der Waals surface area contributed by atoms with Gasteiger partial charge in [0.2, 0.25) is 0 Å². The smallest absolute Gasteiger partial charge is 0.320 e. The molecular weight excluding hydrogens is 244 g/mol. The Morgan fingerprint density at radius 3 is 2.95 bits per heavy atom. The number of hydrogen-bond acceptors (Lipinski definition) is 4. The van der Waals surface area contributed by atoms with Gasteiger partial charge in [0, 0.05) is 32.0 Å². The Bertz CT molecular complexity index is 537. The van der Waals surface area contributed by atoms with Crippen LogP contribution in [0.15, 0.2) is 41.1 Å². The maximum absolute atomic E-state index is 11.7. The standard InChI is InChI=1S/C13H16N4O2/c1-17(2)10-5-6-14-12(8-10)16-13(18)15-9-11-4-3-7-19-11/h3-8H,9H2,1-2H3,(H2,14,15,16,18). The molecule has 2 amide bonds. The van der Waals surface area contributed by atoms with Crippen molar-refractivity contribution in [2.24, 2.45) is 0 Å². The Kier molecular flexibility index (Phi) is 4.02. The number of nitrogens with zero attached hydrogens (tertiary/aromatic N) is 2. The summed E-state index contributed by atoms with van der Waals surface area (Å²) < 4.78 is 5.12. The van der Waals surface area contributed by atoms with Crippen LogP contribution in [0.1, 0.15) is 5.76 Å². The van der Waals surface area contributed by atoms with Gasteiger partial charge in [-0.2, -0.15) is 0 Å². The predicted octanol–water partition coefficient (Wildman–Crippen LogP) is 2.06. The third-order valence-electron chi connectivity index (χ3n) is 2.50. The molecule has 0 fully saturated rings. The fourth-order valence-electron chi connectivity index (χ4n) is 1.51. The average Bonchev–Trinajstić information content (AvgIpc) is 2.90. The van der Waals surface area contributed by atoms with Crippen LogP contribution in [-0.2, 0) is 6.54 Å². The highest BCUT2D eigenvalue weighted by Gasteiger charge is 2.05. The zero-order chi connectivity index (χ0) is 13.7. The number of aromatic nitrogens is 1. The molecule has 0 saturated heterocycles. The van der Waals surface area contributed by atoms with Crippen LogP contribution < -0.4 is 15.5 Å². The fourth-order valence-corrected chi connectivity index (χ4v) is 1.51. The molecule has 0 saturated carbocycles. The first-order valence-electron chi connectivity index (χ1n) is 5.86. The van der Waals surface area contributed by atoms with E-state index >= 15 is 0 Å². The number of rotatable bonds is 4. The predicted molar refractivity (Wildman–Crippen MR) is 73.1 cm³/mol. The molecule has 0 radical (unpaired) electrons. The van der Waals surface area contributed by atoms with Crippen molar-refractivity contribution in [3.05, 3.63) is 42.5 Å². The van der Waals surface area contributed by atoms with Crippen molar-refractivity contribution in [2.75, 3.05) is 24.3 Å². The lowest BCUT2D eigenvalue weighted by atomic mass is 10.3. The van der Waals surface area contributed by atoms with E-state index in [1.807, 2.05) is 25.1 Å². The van der Waals surface area contributed by atoms with Crippen LogP contribution in [0.5, 0.6) is 0 Å². The normalized spacial score (nSPS) is 10.0. The Balaban J connectivity index is 1.89. The Hall–Kier alpha value is -2.50. The van der Waals surface area contributed by atoms with Gasteiger partial charge in [-0.05, 0) is 18.2 Å². The van der Waals surface area contributed by atoms with Gasteiger partial charge in [-0.15, -0.1) is 0 Å². The third-order valence-corrected chi connectivity index (χ3v) is 2.50. The third kappa shape index (κ3) is 3.74. The first-order chi connectivity index (χ1) is 9.15. The maximum atomic E-state index is 11.7. The molecule has 6 nitrogen and oxygen atoms in total. The van der Waals surface area contributed by atoms with Crippen molar-refractivity contribution < 1.29 is 9.21 Å². The van der Waals surface area contributed by atoms with Crippen molar-refractivity contribution in [1.82, 2.24) is 10.3 Å². The highest BCUT2D eigenvalue weighted by atomic mass is 16.3. The van der Waals surface area contributed by atoms with E-state index in [4.69, 9.17) is 4.42 Å². The van der Waals surface area contributed by atoms with Crippen LogP contribution in [-0.4, -0.2) is 25.1 Å². The second-order valence-electron chi connectivity index (χ2n) is 4.18. The van der Waals surface area contributed by atoms with E-state index in [1.54, 1.807) is 30.7 Å². The van der Waals surface area contributed by atoms with Crippen LogP contribution in [0.25, 0.3) is 0 Å². The SMILES string of the molecule is CN(C)c1ccnc(NC(=O)NCc2ccco2)c1. The van der Waals surface area contributed by atoms with Crippen molar-refractivity contribution in [3.63, 3.8) is 0 Å². The average molecular weight is 260 g/mol. The summed E-state index contributed by atoms with van der Waals surface area (Å²) >= 11 is 0. The summed E-state index contributed by atoms with van der Waals surface area (Å²) in [7, 11) is 3.85. The van der Waals surface area contributed by atoms with Crippen LogP contribution in [0.3, 0.4) is 0 Å². The van der Waals surface area contributed by atoms with Gasteiger partial charge in [0.15, 0.2) is 0 Å². The van der Waals surface area contributed by atoms with E-state index in [9.17, 15) is 4.79 Å². The molecule has 2 aromatic heterocycles. The van der Waals surface area contributed by atoms with Crippen LogP contribution in [0.2, 0.25) is 0 Å². The van der Waals surface area contributed by atoms with Gasteiger partial charge in [0.25, 0.3) is 0 Å². The minimum atomic E-state index is -0.320. The summed E-state index contributed by atoms with van der Waals surface area (Å²) in [4.78, 5) is 17.7. The monoisotopic (exact) mass is 260 g/mol. The first kappa shape index (κ1) is 12.9. The summed E-state index contributed by atoms with van der Waals surface area (Å²) in [6.07, 6.45) is 3.22. The lowest BCUT2D eigenvalue weighted by Gasteiger charge is -2.13. The molecule has 0 aliphatic heterocycles. The molecule has 0 unspecified atom stereocenters. The largest absolute Gasteiger partial charge is 0.467 e. The van der Waals surface area contributed by atoms with E-state index in [0.29, 0.717) is 18.1 Å². The van der Waals surface area contributed by atoms with E-state index in [-0.39, 0.29) is 6.03 Å². The van der Waals surface area contributed by atoms with Crippen LogP contribution in [0, 0.1) is 0 Å². The fraction of sp³-hybridized carbons (Fsp3) is 0.231. The number of pyridine rings is 1. The Labute approximate surface area is 111 Å². The van der Waals surface area contributed by atoms with Gasteiger partial charge in [-0.25, -0.2) is 9.78 Å². The van der Waals surface area contributed by atoms with Gasteiger partial charge in [0.05, 0.1) is 12.8 Å². The van der Waals surface area contributed by atoms with E-state index in [2.05, 4.69) is 15.6 Å². The van der Waals surface area contributed by atoms with E-state index < -0.39 is 0 Å². The zero-order valence-corrected chi connectivity index (χ0v) is 10.9. The maximum Gasteiger partial charge on any atom is 0.320 e. The second kappa shape index (κ2) is 5.90. The molecule has 2 heterocycles. The van der Waals surface area contributed by atoms with Crippen molar-refractivity contribution in [1.29, 1.82) is 0 Å². The number of carbonyl (C=O) groups excluding carboxylic acids is 1. The Morgan fingerprint density at radius 2 is 2.26 bits per heavy atom. The number of amides is 2. The number of anilines is 2. The van der Waals surface area contributed by atoms with Crippen LogP contribution in [0.4, 0.5) is 16.3 Å². The summed E-state index contributed by atoms with van der Waals surface area (Å²) in [5, 5.41) is 5.35. The van der Waals surface area contributed by atoms with Gasteiger partial charge in [-0.3, -0.25) is 5.32 Å². The lowest BCUT2D eigenvalue weighted by molar-refractivity contribution is 0.250. The van der Waals surface area contributed by atoms with Crippen molar-refractivity contribution in [3.8, 4) is 0 Å². The molecule has 0 spiro atoms. The molecule has 2 aromatic rings. The molecular formula is C13H16N4O2. The Morgan fingerprint density at radius 1 is 1.42 bits per heavy atom. The first-order valence-corrected chi connectivity index (χ1v) is 5.86. The quantitative estimate of drug-likeness (QED) is 0.882.